The Morgan fingerprint density at radius 3 is 2.94 bits per heavy atom. The lowest BCUT2D eigenvalue weighted by molar-refractivity contribution is 0.0367. The fraction of sp³-hybridized carbons (Fsp3) is 0.727. The molecule has 6 heteroatoms. The van der Waals surface area contributed by atoms with E-state index in [0.29, 0.717) is 5.96 Å². The van der Waals surface area contributed by atoms with Gasteiger partial charge in [0, 0.05) is 19.3 Å². The Kier molecular flexibility index (Phi) is 3.98. The van der Waals surface area contributed by atoms with Crippen LogP contribution in [-0.2, 0) is 4.74 Å². The van der Waals surface area contributed by atoms with Crippen LogP contribution >= 0.6 is 0 Å². The third kappa shape index (κ3) is 3.69. The van der Waals surface area contributed by atoms with Gasteiger partial charge in [-0.25, -0.2) is 4.99 Å². The Hall–Kier alpha value is -1.11. The van der Waals surface area contributed by atoms with E-state index < -0.39 is 5.66 Å². The van der Waals surface area contributed by atoms with E-state index in [4.69, 9.17) is 16.2 Å². The van der Waals surface area contributed by atoms with Gasteiger partial charge < -0.3 is 21.5 Å². The topological polar surface area (TPSA) is 88.9 Å². The number of rotatable bonds is 4. The van der Waals surface area contributed by atoms with E-state index in [1.165, 1.54) is 0 Å². The highest BCUT2D eigenvalue weighted by atomic mass is 16.5. The third-order valence-corrected chi connectivity index (χ3v) is 3.09. The van der Waals surface area contributed by atoms with Crippen LogP contribution in [0, 0.1) is 0 Å². The molecule has 0 aliphatic carbocycles. The van der Waals surface area contributed by atoms with E-state index >= 15 is 0 Å². The van der Waals surface area contributed by atoms with Crippen LogP contribution in [0.2, 0.25) is 0 Å². The zero-order valence-corrected chi connectivity index (χ0v) is 10.1. The van der Waals surface area contributed by atoms with Crippen molar-refractivity contribution in [2.75, 3.05) is 32.8 Å². The van der Waals surface area contributed by atoms with Crippen LogP contribution in [0.1, 0.15) is 12.8 Å². The molecule has 2 aliphatic heterocycles. The molecule has 1 unspecified atom stereocenters. The molecule has 5 N–H and O–H groups in total. The minimum absolute atomic E-state index is 0.390. The highest BCUT2D eigenvalue weighted by molar-refractivity contribution is 5.80. The Morgan fingerprint density at radius 2 is 2.24 bits per heavy atom. The number of nitrogens with zero attached hydrogens (tertiary/aromatic N) is 2. The van der Waals surface area contributed by atoms with Crippen LogP contribution in [0.15, 0.2) is 17.3 Å². The zero-order valence-electron chi connectivity index (χ0n) is 10.1. The van der Waals surface area contributed by atoms with Crippen molar-refractivity contribution in [2.24, 2.45) is 16.5 Å². The second-order valence-electron chi connectivity index (χ2n) is 4.52. The maximum absolute atomic E-state index is 6.13. The van der Waals surface area contributed by atoms with E-state index in [1.54, 1.807) is 6.20 Å². The summed E-state index contributed by atoms with van der Waals surface area (Å²) in [4.78, 5) is 6.62. The molecule has 2 heterocycles. The Balaban J connectivity index is 1.73. The average molecular weight is 239 g/mol. The number of morpholine rings is 1. The van der Waals surface area contributed by atoms with Gasteiger partial charge in [0.25, 0.3) is 0 Å². The Labute approximate surface area is 102 Å². The predicted octanol–water partition coefficient (Wildman–Crippen LogP) is -0.815. The fourth-order valence-corrected chi connectivity index (χ4v) is 2.12. The highest BCUT2D eigenvalue weighted by Gasteiger charge is 2.23. The maximum Gasteiger partial charge on any atom is 0.194 e. The second kappa shape index (κ2) is 5.48. The summed E-state index contributed by atoms with van der Waals surface area (Å²) in [7, 11) is 0. The van der Waals surface area contributed by atoms with Crippen LogP contribution < -0.4 is 16.8 Å². The number of nitrogens with one attached hydrogen (secondary N) is 1. The molecule has 0 saturated carbocycles. The van der Waals surface area contributed by atoms with E-state index in [9.17, 15) is 0 Å². The molecule has 96 valence electrons. The van der Waals surface area contributed by atoms with Crippen LogP contribution in [-0.4, -0.2) is 49.4 Å². The molecule has 0 amide bonds. The van der Waals surface area contributed by atoms with Gasteiger partial charge in [-0.2, -0.15) is 0 Å². The molecule has 0 bridgehead atoms. The summed E-state index contributed by atoms with van der Waals surface area (Å²) in [5, 5.41) is 2.82. The van der Waals surface area contributed by atoms with Gasteiger partial charge in [-0.3, -0.25) is 4.90 Å². The molecule has 17 heavy (non-hydrogen) atoms. The summed E-state index contributed by atoms with van der Waals surface area (Å²) in [5.74, 6) is 0.390. The monoisotopic (exact) mass is 239 g/mol. The number of ether oxygens (including phenoxy) is 1. The highest BCUT2D eigenvalue weighted by Crippen LogP contribution is 2.15. The largest absolute Gasteiger partial charge is 0.379 e. The molecular weight excluding hydrogens is 218 g/mol. The van der Waals surface area contributed by atoms with Crippen LogP contribution in [0.25, 0.3) is 0 Å². The lowest BCUT2D eigenvalue weighted by Crippen LogP contribution is -2.45. The van der Waals surface area contributed by atoms with Gasteiger partial charge in [0.2, 0.25) is 0 Å². The van der Waals surface area contributed by atoms with Gasteiger partial charge in [0.05, 0.1) is 13.2 Å². The van der Waals surface area contributed by atoms with E-state index in [-0.39, 0.29) is 0 Å². The number of guanidine groups is 1. The van der Waals surface area contributed by atoms with Gasteiger partial charge in [0.15, 0.2) is 5.96 Å². The van der Waals surface area contributed by atoms with Crippen molar-refractivity contribution < 1.29 is 4.74 Å². The normalized spacial score (nSPS) is 29.8. The molecule has 0 aromatic heterocycles. The second-order valence-corrected chi connectivity index (χ2v) is 4.52. The van der Waals surface area contributed by atoms with Gasteiger partial charge in [0.1, 0.15) is 5.66 Å². The third-order valence-electron chi connectivity index (χ3n) is 3.09. The van der Waals surface area contributed by atoms with E-state index in [2.05, 4.69) is 15.2 Å². The first-order valence-corrected chi connectivity index (χ1v) is 6.06. The van der Waals surface area contributed by atoms with Crippen LogP contribution in [0.4, 0.5) is 0 Å². The van der Waals surface area contributed by atoms with Crippen molar-refractivity contribution in [2.45, 2.75) is 18.5 Å². The maximum atomic E-state index is 6.13. The molecular formula is C11H21N5O. The standard InChI is InChI=1S/C11H21N5O/c12-10-14-4-3-11(13,15-10)2-1-5-16-6-8-17-9-7-16/h3-4H,1-2,5-9,13H2,(H3,12,14,15). The minimum atomic E-state index is -0.637. The number of aliphatic imine (C=N–C) groups is 1. The van der Waals surface area contributed by atoms with Gasteiger partial charge in [-0.15, -0.1) is 0 Å². The zero-order chi connectivity index (χ0) is 12.1. The predicted molar refractivity (Wildman–Crippen MR) is 67.3 cm³/mol. The molecule has 1 atom stereocenters. The van der Waals surface area contributed by atoms with Gasteiger partial charge >= 0.3 is 0 Å². The lowest BCUT2D eigenvalue weighted by atomic mass is 10.0. The molecule has 0 aromatic rings. The molecule has 6 nitrogen and oxygen atoms in total. The van der Waals surface area contributed by atoms with E-state index in [1.807, 2.05) is 6.08 Å². The molecule has 1 saturated heterocycles. The smallest absolute Gasteiger partial charge is 0.194 e. The van der Waals surface area contributed by atoms with Crippen LogP contribution in [0.5, 0.6) is 0 Å². The molecule has 0 radical (unpaired) electrons. The first-order valence-electron chi connectivity index (χ1n) is 6.06. The Morgan fingerprint density at radius 1 is 1.47 bits per heavy atom. The summed E-state index contributed by atoms with van der Waals surface area (Å²) in [6.45, 7) is 4.74. The molecule has 1 fully saturated rings. The van der Waals surface area contributed by atoms with Crippen molar-refractivity contribution in [1.82, 2.24) is 10.2 Å². The van der Waals surface area contributed by atoms with Gasteiger partial charge in [-0.05, 0) is 25.5 Å². The summed E-state index contributed by atoms with van der Waals surface area (Å²) in [6, 6.07) is 0. The first kappa shape index (κ1) is 12.3. The van der Waals surface area contributed by atoms with Crippen LogP contribution in [0.3, 0.4) is 0 Å². The number of hydrogen-bond acceptors (Lipinski definition) is 6. The molecule has 2 aliphatic rings. The van der Waals surface area contributed by atoms with Crippen molar-refractivity contribution in [3.8, 4) is 0 Å². The molecule has 0 spiro atoms. The quantitative estimate of drug-likeness (QED) is 0.597. The summed E-state index contributed by atoms with van der Waals surface area (Å²) in [6.07, 6.45) is 5.45. The fourth-order valence-electron chi connectivity index (χ4n) is 2.12. The molecule has 0 aromatic carbocycles. The molecule has 2 rings (SSSR count). The average Bonchev–Trinajstić information content (AvgIpc) is 2.30. The van der Waals surface area contributed by atoms with Crippen molar-refractivity contribution in [3.63, 3.8) is 0 Å². The number of nitrogens with two attached hydrogens (primary N) is 2. The van der Waals surface area contributed by atoms with Crippen molar-refractivity contribution in [1.29, 1.82) is 0 Å². The minimum Gasteiger partial charge on any atom is -0.379 e. The number of hydrogen-bond donors (Lipinski definition) is 3. The first-order chi connectivity index (χ1) is 8.18. The summed E-state index contributed by atoms with van der Waals surface area (Å²) < 4.78 is 5.31. The van der Waals surface area contributed by atoms with Gasteiger partial charge in [-0.1, -0.05) is 0 Å². The SMILES string of the molecule is NC1=NC(N)(CCCN2CCOCC2)C=CN1. The Bertz CT molecular complexity index is 311. The van der Waals surface area contributed by atoms with E-state index in [0.717, 1.165) is 45.7 Å². The lowest BCUT2D eigenvalue weighted by Gasteiger charge is -2.29. The summed E-state index contributed by atoms with van der Waals surface area (Å²) >= 11 is 0. The van der Waals surface area contributed by atoms with Crippen molar-refractivity contribution in [3.05, 3.63) is 12.3 Å². The van der Waals surface area contributed by atoms with Crippen molar-refractivity contribution >= 4 is 5.96 Å². The summed E-state index contributed by atoms with van der Waals surface area (Å²) in [5.41, 5.74) is 11.1.